The van der Waals surface area contributed by atoms with E-state index in [1.165, 1.54) is 10.3 Å². The number of benzene rings is 3. The summed E-state index contributed by atoms with van der Waals surface area (Å²) in [4.78, 5) is 17.1. The van der Waals surface area contributed by atoms with Crippen molar-refractivity contribution in [1.82, 2.24) is 4.98 Å². The molecular weight excluding hydrogens is 399 g/mol. The highest BCUT2D eigenvalue weighted by atomic mass is 35.5. The van der Waals surface area contributed by atoms with Crippen molar-refractivity contribution in [2.45, 2.75) is 6.92 Å². The van der Waals surface area contributed by atoms with Gasteiger partial charge in [0.05, 0.1) is 20.8 Å². The Hall–Kier alpha value is -2.40. The summed E-state index contributed by atoms with van der Waals surface area (Å²) in [6.45, 7) is 2.07. The quantitative estimate of drug-likeness (QED) is 0.400. The van der Waals surface area contributed by atoms with E-state index < -0.39 is 0 Å². The Kier molecular flexibility index (Phi) is 4.87. The molecule has 0 saturated carbocycles. The maximum Gasteiger partial charge on any atom is 0.257 e. The van der Waals surface area contributed by atoms with E-state index in [4.69, 9.17) is 23.2 Å². The van der Waals surface area contributed by atoms with Crippen LogP contribution in [0.15, 0.2) is 60.7 Å². The number of aryl methyl sites for hydroxylation is 1. The third-order valence-corrected chi connectivity index (χ3v) is 5.72. The Labute approximate surface area is 170 Å². The van der Waals surface area contributed by atoms with Gasteiger partial charge >= 0.3 is 0 Å². The average molecular weight is 413 g/mol. The van der Waals surface area contributed by atoms with Gasteiger partial charge < -0.3 is 5.32 Å². The number of hydrogen-bond acceptors (Lipinski definition) is 3. The lowest BCUT2D eigenvalue weighted by Crippen LogP contribution is -2.12. The first-order valence-electron chi connectivity index (χ1n) is 8.23. The lowest BCUT2D eigenvalue weighted by atomic mass is 10.2. The molecule has 1 amide bonds. The van der Waals surface area contributed by atoms with Crippen molar-refractivity contribution in [2.24, 2.45) is 0 Å². The van der Waals surface area contributed by atoms with Crippen LogP contribution in [0.1, 0.15) is 15.9 Å². The van der Waals surface area contributed by atoms with Crippen LogP contribution < -0.4 is 5.32 Å². The summed E-state index contributed by atoms with van der Waals surface area (Å²) < 4.78 is 1.17. The Bertz CT molecular complexity index is 1150. The Morgan fingerprint density at radius 1 is 1.00 bits per heavy atom. The normalized spacial score (nSPS) is 10.9. The van der Waals surface area contributed by atoms with Gasteiger partial charge in [-0.05, 0) is 67.1 Å². The molecule has 0 unspecified atom stereocenters. The number of nitrogens with one attached hydrogen (secondary N) is 1. The summed E-state index contributed by atoms with van der Waals surface area (Å²) >= 11 is 13.6. The van der Waals surface area contributed by atoms with Crippen LogP contribution >= 0.6 is 34.5 Å². The molecule has 0 aliphatic carbocycles. The first-order valence-corrected chi connectivity index (χ1v) is 9.81. The molecule has 0 atom stereocenters. The zero-order chi connectivity index (χ0) is 19.0. The van der Waals surface area contributed by atoms with Crippen LogP contribution in [0, 0.1) is 6.92 Å². The second-order valence-corrected chi connectivity index (χ2v) is 8.02. The van der Waals surface area contributed by atoms with Gasteiger partial charge in [-0.1, -0.05) is 29.3 Å². The molecule has 4 rings (SSSR count). The summed E-state index contributed by atoms with van der Waals surface area (Å²) in [5.74, 6) is -0.278. The van der Waals surface area contributed by atoms with Crippen LogP contribution in [0.5, 0.6) is 0 Å². The molecule has 1 heterocycles. The van der Waals surface area contributed by atoms with Gasteiger partial charge in [0.2, 0.25) is 0 Å². The van der Waals surface area contributed by atoms with Gasteiger partial charge in [-0.25, -0.2) is 4.98 Å². The van der Waals surface area contributed by atoms with E-state index in [2.05, 4.69) is 29.4 Å². The molecule has 4 aromatic rings. The number of anilines is 1. The van der Waals surface area contributed by atoms with Gasteiger partial charge in [-0.2, -0.15) is 0 Å². The highest BCUT2D eigenvalue weighted by molar-refractivity contribution is 7.21. The third-order valence-electron chi connectivity index (χ3n) is 4.11. The number of thiazole rings is 1. The van der Waals surface area contributed by atoms with Crippen molar-refractivity contribution < 1.29 is 4.79 Å². The molecule has 0 bridgehead atoms. The monoisotopic (exact) mass is 412 g/mol. The minimum atomic E-state index is -0.278. The molecule has 0 fully saturated rings. The molecule has 3 aromatic carbocycles. The van der Waals surface area contributed by atoms with Crippen LogP contribution in [-0.2, 0) is 0 Å². The van der Waals surface area contributed by atoms with Crippen molar-refractivity contribution in [3.63, 3.8) is 0 Å². The predicted molar refractivity (Wildman–Crippen MR) is 114 cm³/mol. The molecule has 3 nitrogen and oxygen atoms in total. The topological polar surface area (TPSA) is 42.0 Å². The summed E-state index contributed by atoms with van der Waals surface area (Å²) in [5, 5.41) is 4.61. The summed E-state index contributed by atoms with van der Waals surface area (Å²) in [6, 6.07) is 18.6. The molecule has 6 heteroatoms. The van der Waals surface area contributed by atoms with Crippen molar-refractivity contribution in [2.75, 3.05) is 5.32 Å². The van der Waals surface area contributed by atoms with Gasteiger partial charge in [0.15, 0.2) is 0 Å². The fourth-order valence-electron chi connectivity index (χ4n) is 2.72. The molecular formula is C21H14Cl2N2OS. The van der Waals surface area contributed by atoms with Crippen molar-refractivity contribution >= 4 is 56.3 Å². The van der Waals surface area contributed by atoms with E-state index in [0.717, 1.165) is 16.1 Å². The Balaban J connectivity index is 1.55. The van der Waals surface area contributed by atoms with Gasteiger partial charge in [0, 0.05) is 16.3 Å². The van der Waals surface area contributed by atoms with Gasteiger partial charge in [-0.3, -0.25) is 4.79 Å². The number of hydrogen-bond donors (Lipinski definition) is 1. The van der Waals surface area contributed by atoms with E-state index in [-0.39, 0.29) is 5.91 Å². The number of halogens is 2. The number of aromatic nitrogens is 1. The standard InChI is InChI=1S/C21H14Cl2N2OS/c1-12-2-9-18-19(10-12)27-21(25-18)13-3-6-15(7-4-13)24-20(26)16-8-5-14(22)11-17(16)23/h2-11H,1H3,(H,24,26). The lowest BCUT2D eigenvalue weighted by molar-refractivity contribution is 0.102. The molecule has 0 spiro atoms. The molecule has 0 aliphatic rings. The van der Waals surface area contributed by atoms with E-state index in [1.54, 1.807) is 29.5 Å². The molecule has 0 aliphatic heterocycles. The second kappa shape index (κ2) is 7.31. The van der Waals surface area contributed by atoms with Crippen LogP contribution in [0.3, 0.4) is 0 Å². The zero-order valence-corrected chi connectivity index (χ0v) is 16.6. The fourth-order valence-corrected chi connectivity index (χ4v) is 4.29. The smallest absolute Gasteiger partial charge is 0.257 e. The van der Waals surface area contributed by atoms with Crippen LogP contribution in [0.4, 0.5) is 5.69 Å². The molecule has 0 radical (unpaired) electrons. The van der Waals surface area contributed by atoms with Crippen molar-refractivity contribution in [3.05, 3.63) is 81.8 Å². The average Bonchev–Trinajstić information content (AvgIpc) is 3.05. The van der Waals surface area contributed by atoms with Crippen LogP contribution in [0.25, 0.3) is 20.8 Å². The Morgan fingerprint density at radius 2 is 1.78 bits per heavy atom. The highest BCUT2D eigenvalue weighted by Crippen LogP contribution is 2.31. The lowest BCUT2D eigenvalue weighted by Gasteiger charge is -2.07. The summed E-state index contributed by atoms with van der Waals surface area (Å²) in [7, 11) is 0. The zero-order valence-electron chi connectivity index (χ0n) is 14.3. The van der Waals surface area contributed by atoms with Gasteiger partial charge in [0.1, 0.15) is 5.01 Å². The number of amides is 1. The minimum absolute atomic E-state index is 0.278. The van der Waals surface area contributed by atoms with E-state index in [1.807, 2.05) is 30.3 Å². The Morgan fingerprint density at radius 3 is 2.52 bits per heavy atom. The number of carbonyl (C=O) groups is 1. The number of rotatable bonds is 3. The van der Waals surface area contributed by atoms with E-state index >= 15 is 0 Å². The maximum absolute atomic E-state index is 12.4. The maximum atomic E-state index is 12.4. The highest BCUT2D eigenvalue weighted by Gasteiger charge is 2.12. The molecule has 0 saturated heterocycles. The molecule has 1 N–H and O–H groups in total. The van der Waals surface area contributed by atoms with Gasteiger partial charge in [0.25, 0.3) is 5.91 Å². The first kappa shape index (κ1) is 18.0. The molecule has 134 valence electrons. The SMILES string of the molecule is Cc1ccc2nc(-c3ccc(NC(=O)c4ccc(Cl)cc4Cl)cc3)sc2c1. The summed E-state index contributed by atoms with van der Waals surface area (Å²) in [5.41, 5.74) is 4.29. The predicted octanol–water partition coefficient (Wildman–Crippen LogP) is 6.83. The molecule has 27 heavy (non-hydrogen) atoms. The number of fused-ring (bicyclic) bond motifs is 1. The largest absolute Gasteiger partial charge is 0.322 e. The summed E-state index contributed by atoms with van der Waals surface area (Å²) in [6.07, 6.45) is 0. The van der Waals surface area contributed by atoms with Crippen molar-refractivity contribution in [1.29, 1.82) is 0 Å². The molecule has 1 aromatic heterocycles. The first-order chi connectivity index (χ1) is 13.0. The van der Waals surface area contributed by atoms with Crippen LogP contribution in [0.2, 0.25) is 10.0 Å². The second-order valence-electron chi connectivity index (χ2n) is 6.15. The fraction of sp³-hybridized carbons (Fsp3) is 0.0476. The third kappa shape index (κ3) is 3.83. The number of nitrogens with zero attached hydrogens (tertiary/aromatic N) is 1. The minimum Gasteiger partial charge on any atom is -0.322 e. The van der Waals surface area contributed by atoms with Gasteiger partial charge in [-0.15, -0.1) is 11.3 Å². The van der Waals surface area contributed by atoms with Crippen molar-refractivity contribution in [3.8, 4) is 10.6 Å². The van der Waals surface area contributed by atoms with Crippen LogP contribution in [-0.4, -0.2) is 10.9 Å². The number of carbonyl (C=O) groups excluding carboxylic acids is 1. The van der Waals surface area contributed by atoms with E-state index in [9.17, 15) is 4.79 Å². The van der Waals surface area contributed by atoms with E-state index in [0.29, 0.717) is 21.3 Å².